The Morgan fingerprint density at radius 3 is 2.63 bits per heavy atom. The largest absolute Gasteiger partial charge is 0.273 e. The van der Waals surface area contributed by atoms with Crippen molar-refractivity contribution in [2.75, 3.05) is 12.9 Å². The maximum atomic E-state index is 11.2. The van der Waals surface area contributed by atoms with E-state index in [4.69, 9.17) is 0 Å². The lowest BCUT2D eigenvalue weighted by molar-refractivity contribution is -0.750. The van der Waals surface area contributed by atoms with Crippen molar-refractivity contribution in [2.24, 2.45) is 0 Å². The molecule has 7 heteroatoms. The maximum absolute atomic E-state index is 11.2. The predicted molar refractivity (Wildman–Crippen MR) is 68.5 cm³/mol. The minimum atomic E-state index is -3.45. The second kappa shape index (κ2) is 5.85. The first-order valence-corrected chi connectivity index (χ1v) is 7.23. The summed E-state index contributed by atoms with van der Waals surface area (Å²) < 4.78 is 28.3. The highest BCUT2D eigenvalue weighted by atomic mass is 32.2. The average Bonchev–Trinajstić information content (AvgIpc) is 2.47. The van der Waals surface area contributed by atoms with Crippen LogP contribution in [0.3, 0.4) is 0 Å². The number of nitrogens with zero attached hydrogens (tertiary/aromatic N) is 3. The average molecular weight is 280 g/mol. The Balaban J connectivity index is 2.07. The Morgan fingerprint density at radius 1 is 1.26 bits per heavy atom. The van der Waals surface area contributed by atoms with E-state index < -0.39 is 10.1 Å². The molecule has 19 heavy (non-hydrogen) atoms. The summed E-state index contributed by atoms with van der Waals surface area (Å²) in [6.45, 7) is 0.253. The van der Waals surface area contributed by atoms with Crippen molar-refractivity contribution in [2.45, 2.75) is 6.54 Å². The molecule has 0 aliphatic carbocycles. The highest BCUT2D eigenvalue weighted by Crippen LogP contribution is 2.14. The Morgan fingerprint density at radius 2 is 2.05 bits per heavy atom. The standard InChI is InChI=1S/C12H14N3O3S/c1-18-19(16,17)8-7-15-6-4-12(10-14-15)11-3-2-5-13-9-11/h2-6,9-10H,7-8H2,1H3/q+1. The molecular formula is C12H14N3O3S+. The van der Waals surface area contributed by atoms with Gasteiger partial charge in [0.15, 0.2) is 12.7 Å². The molecule has 2 heterocycles. The zero-order chi connectivity index (χ0) is 13.7. The smallest absolute Gasteiger partial charge is 0.273 e. The molecule has 2 rings (SSSR count). The van der Waals surface area contributed by atoms with Crippen molar-refractivity contribution in [3.63, 3.8) is 0 Å². The fourth-order valence-corrected chi connectivity index (χ4v) is 2.09. The molecule has 0 N–H and O–H groups in total. The summed E-state index contributed by atoms with van der Waals surface area (Å²) in [6, 6.07) is 5.65. The van der Waals surface area contributed by atoms with E-state index in [0.29, 0.717) is 0 Å². The van der Waals surface area contributed by atoms with Gasteiger partial charge in [-0.3, -0.25) is 9.17 Å². The van der Waals surface area contributed by atoms with E-state index in [1.54, 1.807) is 29.5 Å². The van der Waals surface area contributed by atoms with E-state index in [2.05, 4.69) is 14.3 Å². The molecule has 0 bridgehead atoms. The van der Waals surface area contributed by atoms with E-state index >= 15 is 0 Å². The van der Waals surface area contributed by atoms with Crippen LogP contribution in [-0.2, 0) is 20.8 Å². The van der Waals surface area contributed by atoms with Gasteiger partial charge in [-0.1, -0.05) is 10.7 Å². The summed E-state index contributed by atoms with van der Waals surface area (Å²) >= 11 is 0. The second-order valence-corrected chi connectivity index (χ2v) is 5.71. The van der Waals surface area contributed by atoms with Crippen molar-refractivity contribution < 1.29 is 17.3 Å². The molecule has 0 aliphatic rings. The van der Waals surface area contributed by atoms with Gasteiger partial charge in [-0.15, -0.1) is 0 Å². The predicted octanol–water partition coefficient (Wildman–Crippen LogP) is 0.407. The second-order valence-electron chi connectivity index (χ2n) is 3.85. The Kier molecular flexibility index (Phi) is 4.18. The third-order valence-corrected chi connectivity index (χ3v) is 3.78. The molecule has 0 aliphatic heterocycles. The summed E-state index contributed by atoms with van der Waals surface area (Å²) in [5.74, 6) is -0.104. The number of aromatic nitrogens is 3. The molecule has 100 valence electrons. The van der Waals surface area contributed by atoms with Gasteiger partial charge in [0.1, 0.15) is 11.9 Å². The molecule has 0 aromatic carbocycles. The summed E-state index contributed by atoms with van der Waals surface area (Å²) in [5.41, 5.74) is 1.89. The van der Waals surface area contributed by atoms with Crippen LogP contribution in [0.4, 0.5) is 0 Å². The van der Waals surface area contributed by atoms with Crippen LogP contribution >= 0.6 is 0 Å². The highest BCUT2D eigenvalue weighted by Gasteiger charge is 2.13. The molecule has 2 aromatic heterocycles. The topological polar surface area (TPSA) is 73.0 Å². The van der Waals surface area contributed by atoms with Crippen LogP contribution in [0.25, 0.3) is 11.1 Å². The lowest BCUT2D eigenvalue weighted by Crippen LogP contribution is -2.40. The first kappa shape index (κ1) is 13.6. The van der Waals surface area contributed by atoms with E-state index in [1.807, 2.05) is 18.2 Å². The third kappa shape index (κ3) is 3.80. The molecule has 2 aromatic rings. The van der Waals surface area contributed by atoms with Crippen molar-refractivity contribution in [1.82, 2.24) is 10.1 Å². The van der Waals surface area contributed by atoms with E-state index in [0.717, 1.165) is 18.2 Å². The van der Waals surface area contributed by atoms with E-state index in [9.17, 15) is 8.42 Å². The van der Waals surface area contributed by atoms with Gasteiger partial charge >= 0.3 is 0 Å². The number of rotatable bonds is 5. The van der Waals surface area contributed by atoms with Gasteiger partial charge in [-0.25, -0.2) is 0 Å². The normalized spacial score (nSPS) is 11.4. The quantitative estimate of drug-likeness (QED) is 0.586. The molecule has 0 fully saturated rings. The van der Waals surface area contributed by atoms with Gasteiger partial charge in [0.25, 0.3) is 10.1 Å². The van der Waals surface area contributed by atoms with Gasteiger partial charge in [0, 0.05) is 29.6 Å². The fourth-order valence-electron chi connectivity index (χ4n) is 1.51. The molecule has 0 spiro atoms. The van der Waals surface area contributed by atoms with Crippen LogP contribution in [0, 0.1) is 0 Å². The zero-order valence-electron chi connectivity index (χ0n) is 10.4. The Labute approximate surface area is 111 Å². The number of aryl methyl sites for hydroxylation is 1. The number of hydrogen-bond donors (Lipinski definition) is 0. The lowest BCUT2D eigenvalue weighted by atomic mass is 10.1. The molecule has 0 unspecified atom stereocenters. The fraction of sp³-hybridized carbons (Fsp3) is 0.250. The summed E-state index contributed by atoms with van der Waals surface area (Å²) in [4.78, 5) is 4.03. The van der Waals surface area contributed by atoms with Crippen LogP contribution in [0.1, 0.15) is 0 Å². The van der Waals surface area contributed by atoms with Crippen LogP contribution in [0.2, 0.25) is 0 Å². The Hall–Kier alpha value is -1.86. The van der Waals surface area contributed by atoms with Gasteiger partial charge in [0.05, 0.1) is 7.11 Å². The van der Waals surface area contributed by atoms with Crippen molar-refractivity contribution in [1.29, 1.82) is 0 Å². The lowest BCUT2D eigenvalue weighted by Gasteiger charge is -1.99. The maximum Gasteiger partial charge on any atom is 0.273 e. The van der Waals surface area contributed by atoms with E-state index in [1.165, 1.54) is 0 Å². The first-order valence-electron chi connectivity index (χ1n) is 5.65. The summed E-state index contributed by atoms with van der Waals surface area (Å²) in [6.07, 6.45) is 6.86. The minimum absolute atomic E-state index is 0.104. The molecule has 0 saturated heterocycles. The summed E-state index contributed by atoms with van der Waals surface area (Å²) in [7, 11) is -2.30. The molecule has 0 saturated carbocycles. The first-order chi connectivity index (χ1) is 9.11. The SMILES string of the molecule is COS(=O)(=O)CC[n+]1ccc(-c2cccnc2)cn1. The Bertz CT molecular complexity index is 627. The van der Waals surface area contributed by atoms with Crippen LogP contribution in [-0.4, -0.2) is 31.4 Å². The molecular weight excluding hydrogens is 266 g/mol. The van der Waals surface area contributed by atoms with Crippen LogP contribution in [0.15, 0.2) is 43.0 Å². The van der Waals surface area contributed by atoms with Gasteiger partial charge in [-0.2, -0.15) is 8.42 Å². The van der Waals surface area contributed by atoms with Crippen LogP contribution in [0.5, 0.6) is 0 Å². The molecule has 6 nitrogen and oxygen atoms in total. The molecule has 0 atom stereocenters. The molecule has 0 amide bonds. The van der Waals surface area contributed by atoms with Crippen molar-refractivity contribution in [3.05, 3.63) is 43.0 Å². The monoisotopic (exact) mass is 280 g/mol. The third-order valence-electron chi connectivity index (χ3n) is 2.59. The van der Waals surface area contributed by atoms with Gasteiger partial charge in [0.2, 0.25) is 0 Å². The highest BCUT2D eigenvalue weighted by molar-refractivity contribution is 7.86. The minimum Gasteiger partial charge on any atom is -0.273 e. The van der Waals surface area contributed by atoms with E-state index in [-0.39, 0.29) is 12.3 Å². The van der Waals surface area contributed by atoms with Crippen molar-refractivity contribution in [3.8, 4) is 11.1 Å². The van der Waals surface area contributed by atoms with Gasteiger partial charge in [-0.05, 0) is 11.2 Å². The number of hydrogen-bond acceptors (Lipinski definition) is 5. The zero-order valence-corrected chi connectivity index (χ0v) is 11.2. The van der Waals surface area contributed by atoms with Crippen molar-refractivity contribution >= 4 is 10.1 Å². The van der Waals surface area contributed by atoms with Crippen LogP contribution < -0.4 is 4.68 Å². The molecule has 0 radical (unpaired) electrons. The number of pyridine rings is 1. The van der Waals surface area contributed by atoms with Gasteiger partial charge < -0.3 is 0 Å². The summed E-state index contributed by atoms with van der Waals surface area (Å²) in [5, 5.41) is 4.16.